The van der Waals surface area contributed by atoms with Crippen molar-refractivity contribution in [2.24, 2.45) is 0 Å². The summed E-state index contributed by atoms with van der Waals surface area (Å²) in [6, 6.07) is 6.27. The van der Waals surface area contributed by atoms with Crippen molar-refractivity contribution >= 4 is 23.6 Å². The Labute approximate surface area is 113 Å². The van der Waals surface area contributed by atoms with Gasteiger partial charge in [-0.2, -0.15) is 0 Å². The lowest BCUT2D eigenvalue weighted by atomic mass is 10.2. The van der Waals surface area contributed by atoms with Gasteiger partial charge in [0.1, 0.15) is 0 Å². The molecule has 20 heavy (non-hydrogen) atoms. The minimum Gasteiger partial charge on any atom is -0.481 e. The van der Waals surface area contributed by atoms with Crippen molar-refractivity contribution in [1.82, 2.24) is 10.2 Å². The van der Waals surface area contributed by atoms with Gasteiger partial charge in [-0.15, -0.1) is 5.10 Å². The van der Waals surface area contributed by atoms with Gasteiger partial charge in [0.15, 0.2) is 0 Å². The fraction of sp³-hybridized carbons (Fsp3) is 0.167. The van der Waals surface area contributed by atoms with Crippen LogP contribution in [0.25, 0.3) is 0 Å². The van der Waals surface area contributed by atoms with E-state index < -0.39 is 11.9 Å². The number of rotatable bonds is 6. The fourth-order valence-electron chi connectivity index (χ4n) is 1.51. The van der Waals surface area contributed by atoms with Crippen molar-refractivity contribution in [1.29, 1.82) is 0 Å². The maximum absolute atomic E-state index is 11.0. The van der Waals surface area contributed by atoms with Crippen LogP contribution in [0.5, 0.6) is 0 Å². The number of hydrogen-bond acceptors (Lipinski definition) is 6. The Balaban J connectivity index is 2.11. The summed E-state index contributed by atoms with van der Waals surface area (Å²) in [5.74, 6) is -1.88. The summed E-state index contributed by atoms with van der Waals surface area (Å²) >= 11 is 0. The number of nitrogens with one attached hydrogen (secondary N) is 1. The molecule has 1 aromatic heterocycles. The highest BCUT2D eigenvalue weighted by atomic mass is 16.4. The van der Waals surface area contributed by atoms with Crippen LogP contribution in [0.15, 0.2) is 28.7 Å². The summed E-state index contributed by atoms with van der Waals surface area (Å²) in [5, 5.41) is 27.6. The van der Waals surface area contributed by atoms with Crippen LogP contribution in [0.4, 0.5) is 11.7 Å². The maximum atomic E-state index is 11.0. The van der Waals surface area contributed by atoms with Crippen molar-refractivity contribution in [3.05, 3.63) is 35.7 Å². The second-order valence-electron chi connectivity index (χ2n) is 3.87. The van der Waals surface area contributed by atoms with Gasteiger partial charge in [-0.05, 0) is 12.1 Å². The van der Waals surface area contributed by atoms with Gasteiger partial charge in [0, 0.05) is 6.42 Å². The third kappa shape index (κ3) is 3.31. The largest absolute Gasteiger partial charge is 0.481 e. The number of aromatic carboxylic acids is 1. The Bertz CT molecular complexity index is 638. The second-order valence-corrected chi connectivity index (χ2v) is 3.87. The molecule has 1 heterocycles. The van der Waals surface area contributed by atoms with E-state index in [0.717, 1.165) is 0 Å². The molecule has 0 fully saturated rings. The number of para-hydroxylation sites is 1. The predicted octanol–water partition coefficient (Wildman–Crippen LogP) is 1.53. The average Bonchev–Trinajstić information content (AvgIpc) is 2.84. The molecule has 2 aromatic rings. The maximum Gasteiger partial charge on any atom is 0.337 e. The van der Waals surface area contributed by atoms with E-state index in [1.165, 1.54) is 6.07 Å². The summed E-state index contributed by atoms with van der Waals surface area (Å²) in [7, 11) is 0. The fourth-order valence-corrected chi connectivity index (χ4v) is 1.51. The van der Waals surface area contributed by atoms with Gasteiger partial charge >= 0.3 is 18.0 Å². The van der Waals surface area contributed by atoms with Gasteiger partial charge in [0.2, 0.25) is 5.89 Å². The monoisotopic (exact) mass is 277 g/mol. The number of hydrogen-bond donors (Lipinski definition) is 3. The van der Waals surface area contributed by atoms with E-state index in [1.54, 1.807) is 18.2 Å². The minimum absolute atomic E-state index is 0.0130. The van der Waals surface area contributed by atoms with Crippen LogP contribution < -0.4 is 5.32 Å². The summed E-state index contributed by atoms with van der Waals surface area (Å²) in [6.07, 6.45) is -0.00205. The van der Waals surface area contributed by atoms with E-state index in [2.05, 4.69) is 15.5 Å². The van der Waals surface area contributed by atoms with E-state index in [4.69, 9.17) is 14.6 Å². The van der Waals surface area contributed by atoms with E-state index >= 15 is 0 Å². The first kappa shape index (κ1) is 13.5. The number of anilines is 2. The third-order valence-corrected chi connectivity index (χ3v) is 2.42. The van der Waals surface area contributed by atoms with Crippen LogP contribution >= 0.6 is 0 Å². The lowest BCUT2D eigenvalue weighted by Crippen LogP contribution is -2.02. The molecule has 0 amide bonds. The quantitative estimate of drug-likeness (QED) is 0.725. The molecule has 8 nitrogen and oxygen atoms in total. The topological polar surface area (TPSA) is 126 Å². The molecular weight excluding hydrogens is 266 g/mol. The lowest BCUT2D eigenvalue weighted by molar-refractivity contribution is -0.137. The van der Waals surface area contributed by atoms with Crippen LogP contribution in [-0.2, 0) is 11.2 Å². The number of benzene rings is 1. The van der Waals surface area contributed by atoms with Gasteiger partial charge in [0.05, 0.1) is 17.7 Å². The summed E-state index contributed by atoms with van der Waals surface area (Å²) in [5.41, 5.74) is 0.381. The molecule has 0 saturated heterocycles. The van der Waals surface area contributed by atoms with Crippen LogP contribution in [0.3, 0.4) is 0 Å². The number of aliphatic carboxylic acids is 1. The molecular formula is C12H11N3O5. The average molecular weight is 277 g/mol. The highest BCUT2D eigenvalue weighted by molar-refractivity contribution is 5.94. The molecule has 104 valence electrons. The lowest BCUT2D eigenvalue weighted by Gasteiger charge is -2.04. The number of aromatic nitrogens is 2. The van der Waals surface area contributed by atoms with Gasteiger partial charge in [-0.25, -0.2) is 4.79 Å². The van der Waals surface area contributed by atoms with E-state index in [1.807, 2.05) is 0 Å². The first-order valence-corrected chi connectivity index (χ1v) is 5.70. The molecule has 0 radical (unpaired) electrons. The third-order valence-electron chi connectivity index (χ3n) is 2.42. The first-order chi connectivity index (χ1) is 9.56. The Hall–Kier alpha value is -2.90. The second kappa shape index (κ2) is 5.83. The molecule has 0 aliphatic rings. The zero-order valence-corrected chi connectivity index (χ0v) is 10.2. The Morgan fingerprint density at radius 2 is 1.95 bits per heavy atom. The highest BCUT2D eigenvalue weighted by Gasteiger charge is 2.12. The van der Waals surface area contributed by atoms with Gasteiger partial charge in [0.25, 0.3) is 0 Å². The Kier molecular flexibility index (Phi) is 3.94. The molecule has 0 aliphatic heterocycles. The molecule has 8 heteroatoms. The van der Waals surface area contributed by atoms with Crippen molar-refractivity contribution in [3.8, 4) is 0 Å². The predicted molar refractivity (Wildman–Crippen MR) is 66.9 cm³/mol. The molecule has 0 unspecified atom stereocenters. The Morgan fingerprint density at radius 3 is 2.65 bits per heavy atom. The van der Waals surface area contributed by atoms with Gasteiger partial charge < -0.3 is 19.9 Å². The van der Waals surface area contributed by atoms with Crippen LogP contribution in [-0.4, -0.2) is 32.3 Å². The molecule has 0 aliphatic carbocycles. The van der Waals surface area contributed by atoms with Crippen molar-refractivity contribution < 1.29 is 24.2 Å². The molecule has 2 rings (SSSR count). The van der Waals surface area contributed by atoms with Crippen molar-refractivity contribution in [3.63, 3.8) is 0 Å². The number of nitrogens with zero attached hydrogens (tertiary/aromatic N) is 2. The van der Waals surface area contributed by atoms with Gasteiger partial charge in [-0.1, -0.05) is 17.2 Å². The van der Waals surface area contributed by atoms with Crippen LogP contribution in [0.1, 0.15) is 22.7 Å². The molecule has 3 N–H and O–H groups in total. The first-order valence-electron chi connectivity index (χ1n) is 5.70. The smallest absolute Gasteiger partial charge is 0.337 e. The molecule has 1 aromatic carbocycles. The zero-order valence-electron chi connectivity index (χ0n) is 10.2. The minimum atomic E-state index is -1.08. The normalized spacial score (nSPS) is 10.2. The van der Waals surface area contributed by atoms with Crippen molar-refractivity contribution in [2.45, 2.75) is 12.8 Å². The Morgan fingerprint density at radius 1 is 1.20 bits per heavy atom. The standard InChI is InChI=1S/C12H11N3O5/c16-10(17)6-5-9-14-15-12(20-9)13-8-4-2-1-3-7(8)11(18)19/h1-4H,5-6H2,(H,13,15)(H,16,17)(H,18,19). The van der Waals surface area contributed by atoms with Crippen LogP contribution in [0, 0.1) is 0 Å². The van der Waals surface area contributed by atoms with Gasteiger partial charge in [-0.3, -0.25) is 4.79 Å². The number of carboxylic acid groups (broad SMARTS) is 2. The molecule has 0 spiro atoms. The number of carbonyl (C=O) groups is 2. The van der Waals surface area contributed by atoms with E-state index in [-0.39, 0.29) is 30.3 Å². The van der Waals surface area contributed by atoms with Crippen molar-refractivity contribution in [2.75, 3.05) is 5.32 Å². The highest BCUT2D eigenvalue weighted by Crippen LogP contribution is 2.20. The molecule has 0 saturated carbocycles. The summed E-state index contributed by atoms with van der Waals surface area (Å²) in [4.78, 5) is 21.4. The SMILES string of the molecule is O=C(O)CCc1nnc(Nc2ccccc2C(=O)O)o1. The zero-order chi connectivity index (χ0) is 14.5. The van der Waals surface area contributed by atoms with E-state index in [9.17, 15) is 9.59 Å². The summed E-state index contributed by atoms with van der Waals surface area (Å²) < 4.78 is 5.18. The molecule has 0 atom stereocenters. The van der Waals surface area contributed by atoms with E-state index in [0.29, 0.717) is 5.69 Å². The number of aryl methyl sites for hydroxylation is 1. The molecule has 0 bridgehead atoms. The summed E-state index contributed by atoms with van der Waals surface area (Å²) in [6.45, 7) is 0. The van der Waals surface area contributed by atoms with Crippen LogP contribution in [0.2, 0.25) is 0 Å². The number of carboxylic acids is 2.